The lowest BCUT2D eigenvalue weighted by Crippen LogP contribution is -1.98. The Morgan fingerprint density at radius 1 is 1.18 bits per heavy atom. The molecule has 0 aliphatic heterocycles. The van der Waals surface area contributed by atoms with Crippen LogP contribution >= 0.6 is 11.6 Å². The molecule has 1 aromatic carbocycles. The Labute approximate surface area is 104 Å². The third-order valence-electron chi connectivity index (χ3n) is 2.39. The van der Waals surface area contributed by atoms with E-state index in [0.29, 0.717) is 16.5 Å². The molecular formula is C13H12ClFN2. The van der Waals surface area contributed by atoms with E-state index in [1.807, 2.05) is 13.8 Å². The molecule has 0 spiro atoms. The van der Waals surface area contributed by atoms with Crippen LogP contribution in [-0.2, 0) is 0 Å². The average molecular weight is 251 g/mol. The summed E-state index contributed by atoms with van der Waals surface area (Å²) in [5.41, 5.74) is 1.48. The molecule has 0 radical (unpaired) electrons. The van der Waals surface area contributed by atoms with Crippen LogP contribution in [0.4, 0.5) is 4.39 Å². The van der Waals surface area contributed by atoms with Crippen molar-refractivity contribution in [2.45, 2.75) is 19.8 Å². The van der Waals surface area contributed by atoms with Crippen LogP contribution in [0.3, 0.4) is 0 Å². The summed E-state index contributed by atoms with van der Waals surface area (Å²) < 4.78 is 13.1. The van der Waals surface area contributed by atoms with Gasteiger partial charge in [0.1, 0.15) is 11.0 Å². The highest BCUT2D eigenvalue weighted by Crippen LogP contribution is 2.22. The van der Waals surface area contributed by atoms with Gasteiger partial charge in [0, 0.05) is 11.3 Å². The van der Waals surface area contributed by atoms with Crippen LogP contribution in [0.5, 0.6) is 0 Å². The minimum atomic E-state index is -0.308. The Morgan fingerprint density at radius 2 is 1.94 bits per heavy atom. The van der Waals surface area contributed by atoms with Crippen molar-refractivity contribution in [3.63, 3.8) is 0 Å². The van der Waals surface area contributed by atoms with Crippen LogP contribution in [-0.4, -0.2) is 9.97 Å². The Hall–Kier alpha value is -1.48. The smallest absolute Gasteiger partial charge is 0.161 e. The van der Waals surface area contributed by atoms with E-state index in [1.54, 1.807) is 18.2 Å². The third-order valence-corrected chi connectivity index (χ3v) is 2.58. The molecule has 0 aliphatic carbocycles. The highest BCUT2D eigenvalue weighted by atomic mass is 35.5. The van der Waals surface area contributed by atoms with Crippen molar-refractivity contribution >= 4 is 11.6 Å². The van der Waals surface area contributed by atoms with Crippen molar-refractivity contribution in [2.75, 3.05) is 0 Å². The lowest BCUT2D eigenvalue weighted by molar-refractivity contribution is 0.628. The standard InChI is InChI=1S/C13H12ClFN2/c1-8(2)11-7-12(14)17-13(16-11)9-4-3-5-10(15)6-9/h3-8H,1-2H3. The molecule has 0 bridgehead atoms. The first-order chi connectivity index (χ1) is 8.06. The number of hydrogen-bond acceptors (Lipinski definition) is 2. The molecular weight excluding hydrogens is 239 g/mol. The first-order valence-corrected chi connectivity index (χ1v) is 5.74. The predicted molar refractivity (Wildman–Crippen MR) is 66.5 cm³/mol. The summed E-state index contributed by atoms with van der Waals surface area (Å²) >= 11 is 5.94. The highest BCUT2D eigenvalue weighted by molar-refractivity contribution is 6.29. The summed E-state index contributed by atoms with van der Waals surface area (Å²) in [7, 11) is 0. The minimum Gasteiger partial charge on any atom is -0.233 e. The number of nitrogens with zero attached hydrogens (tertiary/aromatic N) is 2. The molecule has 0 aliphatic rings. The van der Waals surface area contributed by atoms with Gasteiger partial charge in [-0.05, 0) is 24.1 Å². The molecule has 0 atom stereocenters. The van der Waals surface area contributed by atoms with Crippen LogP contribution in [0, 0.1) is 5.82 Å². The number of rotatable bonds is 2. The summed E-state index contributed by atoms with van der Waals surface area (Å²) in [6.45, 7) is 4.04. The molecule has 0 amide bonds. The van der Waals surface area contributed by atoms with Crippen molar-refractivity contribution in [1.29, 1.82) is 0 Å². The second kappa shape index (κ2) is 4.80. The van der Waals surface area contributed by atoms with Gasteiger partial charge < -0.3 is 0 Å². The van der Waals surface area contributed by atoms with Gasteiger partial charge in [0.05, 0.1) is 0 Å². The second-order valence-corrected chi connectivity index (χ2v) is 4.49. The highest BCUT2D eigenvalue weighted by Gasteiger charge is 2.08. The van der Waals surface area contributed by atoms with Crippen LogP contribution < -0.4 is 0 Å². The SMILES string of the molecule is CC(C)c1cc(Cl)nc(-c2cccc(F)c2)n1. The van der Waals surface area contributed by atoms with Crippen LogP contribution in [0.15, 0.2) is 30.3 Å². The Morgan fingerprint density at radius 3 is 2.59 bits per heavy atom. The van der Waals surface area contributed by atoms with E-state index < -0.39 is 0 Å². The van der Waals surface area contributed by atoms with Crippen LogP contribution in [0.1, 0.15) is 25.5 Å². The van der Waals surface area contributed by atoms with E-state index in [1.165, 1.54) is 12.1 Å². The Bertz CT molecular complexity index is 541. The molecule has 0 saturated carbocycles. The lowest BCUT2D eigenvalue weighted by atomic mass is 10.1. The molecule has 0 fully saturated rings. The molecule has 2 aromatic rings. The molecule has 4 heteroatoms. The second-order valence-electron chi connectivity index (χ2n) is 4.10. The maximum atomic E-state index is 13.1. The Kier molecular flexibility index (Phi) is 3.38. The van der Waals surface area contributed by atoms with Gasteiger partial charge in [-0.15, -0.1) is 0 Å². The van der Waals surface area contributed by atoms with Gasteiger partial charge in [0.2, 0.25) is 0 Å². The zero-order valence-electron chi connectivity index (χ0n) is 9.61. The first kappa shape index (κ1) is 12.0. The van der Waals surface area contributed by atoms with E-state index in [4.69, 9.17) is 11.6 Å². The molecule has 1 aromatic heterocycles. The summed E-state index contributed by atoms with van der Waals surface area (Å²) in [5.74, 6) is 0.403. The maximum absolute atomic E-state index is 13.1. The number of benzene rings is 1. The zero-order valence-corrected chi connectivity index (χ0v) is 10.4. The third kappa shape index (κ3) is 2.80. The minimum absolute atomic E-state index is 0.253. The fourth-order valence-electron chi connectivity index (χ4n) is 1.49. The molecule has 0 unspecified atom stereocenters. The fraction of sp³-hybridized carbons (Fsp3) is 0.231. The van der Waals surface area contributed by atoms with E-state index in [0.717, 1.165) is 5.69 Å². The molecule has 17 heavy (non-hydrogen) atoms. The van der Waals surface area contributed by atoms with Crippen LogP contribution in [0.25, 0.3) is 11.4 Å². The molecule has 0 N–H and O–H groups in total. The van der Waals surface area contributed by atoms with Crippen molar-refractivity contribution in [2.24, 2.45) is 0 Å². The van der Waals surface area contributed by atoms with E-state index in [-0.39, 0.29) is 11.7 Å². The van der Waals surface area contributed by atoms with Crippen molar-refractivity contribution < 1.29 is 4.39 Å². The van der Waals surface area contributed by atoms with Gasteiger partial charge in [-0.25, -0.2) is 14.4 Å². The van der Waals surface area contributed by atoms with Gasteiger partial charge in [-0.3, -0.25) is 0 Å². The van der Waals surface area contributed by atoms with Gasteiger partial charge in [-0.1, -0.05) is 37.6 Å². The fourth-order valence-corrected chi connectivity index (χ4v) is 1.68. The van der Waals surface area contributed by atoms with E-state index in [9.17, 15) is 4.39 Å². The largest absolute Gasteiger partial charge is 0.233 e. The van der Waals surface area contributed by atoms with Crippen molar-refractivity contribution in [1.82, 2.24) is 9.97 Å². The van der Waals surface area contributed by atoms with Crippen LogP contribution in [0.2, 0.25) is 5.15 Å². The van der Waals surface area contributed by atoms with E-state index >= 15 is 0 Å². The number of halogens is 2. The quantitative estimate of drug-likeness (QED) is 0.751. The topological polar surface area (TPSA) is 25.8 Å². The normalized spacial score (nSPS) is 10.9. The van der Waals surface area contributed by atoms with Gasteiger partial charge in [-0.2, -0.15) is 0 Å². The summed E-state index contributed by atoms with van der Waals surface area (Å²) in [6.07, 6.45) is 0. The summed E-state index contributed by atoms with van der Waals surface area (Å²) in [5, 5.41) is 0.378. The van der Waals surface area contributed by atoms with Gasteiger partial charge in [0.15, 0.2) is 5.82 Å². The Balaban J connectivity index is 2.52. The van der Waals surface area contributed by atoms with Gasteiger partial charge in [0.25, 0.3) is 0 Å². The first-order valence-electron chi connectivity index (χ1n) is 5.36. The van der Waals surface area contributed by atoms with Gasteiger partial charge >= 0.3 is 0 Å². The summed E-state index contributed by atoms with van der Waals surface area (Å²) in [4.78, 5) is 8.50. The maximum Gasteiger partial charge on any atom is 0.161 e. The molecule has 0 saturated heterocycles. The molecule has 2 nitrogen and oxygen atoms in total. The monoisotopic (exact) mass is 250 g/mol. The zero-order chi connectivity index (χ0) is 12.4. The molecule has 88 valence electrons. The average Bonchev–Trinajstić information content (AvgIpc) is 2.28. The van der Waals surface area contributed by atoms with E-state index in [2.05, 4.69) is 9.97 Å². The number of hydrogen-bond donors (Lipinski definition) is 0. The van der Waals surface area contributed by atoms with Crippen molar-refractivity contribution in [3.05, 3.63) is 47.0 Å². The molecule has 1 heterocycles. The van der Waals surface area contributed by atoms with Crippen molar-refractivity contribution in [3.8, 4) is 11.4 Å². The molecule has 2 rings (SSSR count). The predicted octanol–water partition coefficient (Wildman–Crippen LogP) is 4.06. The summed E-state index contributed by atoms with van der Waals surface area (Å²) in [6, 6.07) is 7.91. The lowest BCUT2D eigenvalue weighted by Gasteiger charge is -2.07. The number of aromatic nitrogens is 2.